The second kappa shape index (κ2) is 10.7. The molecule has 2 aromatic heterocycles. The van der Waals surface area contributed by atoms with E-state index in [1.165, 1.54) is 6.07 Å². The molecule has 0 radical (unpaired) electrons. The number of pyridine rings is 1. The summed E-state index contributed by atoms with van der Waals surface area (Å²) in [5.41, 5.74) is 4.80. The number of halogens is 3. The summed E-state index contributed by atoms with van der Waals surface area (Å²) in [6, 6.07) is 15.6. The smallest absolute Gasteiger partial charge is 0.326 e. The number of nitrogens with one attached hydrogen (secondary N) is 1. The van der Waals surface area contributed by atoms with E-state index < -0.39 is 5.82 Å². The Balaban J connectivity index is 1.39. The molecular weight excluding hydrogens is 512 g/mol. The van der Waals surface area contributed by atoms with Gasteiger partial charge < -0.3 is 5.32 Å². The molecule has 0 saturated heterocycles. The maximum absolute atomic E-state index is 13.7. The predicted molar refractivity (Wildman–Crippen MR) is 143 cm³/mol. The number of hydrogen-bond donors (Lipinski definition) is 1. The molecule has 0 atom stereocenters. The van der Waals surface area contributed by atoms with Crippen molar-refractivity contribution in [1.82, 2.24) is 19.8 Å². The topological polar surface area (TPSA) is 74.0 Å². The van der Waals surface area contributed by atoms with E-state index in [-0.39, 0.29) is 11.1 Å². The number of hydrogen-bond acceptors (Lipinski definition) is 4. The van der Waals surface area contributed by atoms with Crippen LogP contribution in [0.4, 0.5) is 9.18 Å². The predicted octanol–water partition coefficient (Wildman–Crippen LogP) is 6.18. The lowest BCUT2D eigenvalue weighted by molar-refractivity contribution is 0.240. The van der Waals surface area contributed by atoms with E-state index in [2.05, 4.69) is 21.3 Å². The normalized spacial score (nSPS) is 13.6. The monoisotopic (exact) mass is 533 g/mol. The first kappa shape index (κ1) is 25.0. The van der Waals surface area contributed by atoms with Gasteiger partial charge in [-0.2, -0.15) is 5.26 Å². The van der Waals surface area contributed by atoms with Gasteiger partial charge in [0.2, 0.25) is 0 Å². The maximum atomic E-state index is 13.7. The molecule has 1 amide bonds. The van der Waals surface area contributed by atoms with Crippen LogP contribution in [0.25, 0.3) is 17.0 Å². The molecule has 1 aliphatic heterocycles. The van der Waals surface area contributed by atoms with Crippen LogP contribution in [0.5, 0.6) is 0 Å². The fourth-order valence-electron chi connectivity index (χ4n) is 4.63. The molecule has 3 heterocycles. The second-order valence-electron chi connectivity index (χ2n) is 8.81. The zero-order chi connectivity index (χ0) is 25.9. The molecule has 37 heavy (non-hydrogen) atoms. The van der Waals surface area contributed by atoms with Crippen molar-refractivity contribution in [3.05, 3.63) is 105 Å². The Bertz CT molecular complexity index is 1570. The van der Waals surface area contributed by atoms with E-state index in [1.807, 2.05) is 18.2 Å². The summed E-state index contributed by atoms with van der Waals surface area (Å²) in [6.07, 6.45) is 6.13. The highest BCUT2D eigenvalue weighted by atomic mass is 35.5. The third kappa shape index (κ3) is 5.37. The van der Waals surface area contributed by atoms with Crippen LogP contribution in [0.15, 0.2) is 60.8 Å². The fraction of sp³-hybridized carbons (Fsp3) is 0.179. The molecule has 2 aromatic carbocycles. The van der Waals surface area contributed by atoms with E-state index in [0.717, 1.165) is 34.3 Å². The van der Waals surface area contributed by atoms with Crippen LogP contribution in [0, 0.1) is 17.1 Å². The summed E-state index contributed by atoms with van der Waals surface area (Å²) in [5, 5.41) is 13.8. The highest BCUT2D eigenvalue weighted by Gasteiger charge is 2.26. The summed E-state index contributed by atoms with van der Waals surface area (Å²) in [5.74, 6) is -0.443. The molecule has 0 spiro atoms. The Morgan fingerprint density at radius 2 is 2.05 bits per heavy atom. The van der Waals surface area contributed by atoms with Gasteiger partial charge >= 0.3 is 6.03 Å². The van der Waals surface area contributed by atoms with Crippen molar-refractivity contribution in [2.45, 2.75) is 19.5 Å². The number of benzene rings is 2. The number of amides is 1. The molecule has 5 rings (SSSR count). The first-order chi connectivity index (χ1) is 17.9. The van der Waals surface area contributed by atoms with Crippen molar-refractivity contribution >= 4 is 46.2 Å². The average molecular weight is 534 g/mol. The van der Waals surface area contributed by atoms with Crippen molar-refractivity contribution in [2.75, 3.05) is 13.1 Å². The number of fused-ring (bicyclic) bond motifs is 3. The van der Waals surface area contributed by atoms with Crippen molar-refractivity contribution in [3.63, 3.8) is 0 Å². The SMILES string of the molecule is N#Cc1ccc2c3c(n(C(=O)NCc4ccnc(Cl)c4)c2c1)CCN(C/C=C/c1ccc(Cl)c(F)c1)C3. The lowest BCUT2D eigenvalue weighted by atomic mass is 10.0. The van der Waals surface area contributed by atoms with Crippen molar-refractivity contribution < 1.29 is 9.18 Å². The van der Waals surface area contributed by atoms with Crippen LogP contribution in [-0.4, -0.2) is 33.6 Å². The van der Waals surface area contributed by atoms with Crippen LogP contribution >= 0.6 is 23.2 Å². The van der Waals surface area contributed by atoms with Crippen molar-refractivity contribution in [1.29, 1.82) is 5.26 Å². The summed E-state index contributed by atoms with van der Waals surface area (Å²) >= 11 is 11.7. The van der Waals surface area contributed by atoms with Gasteiger partial charge in [0, 0.05) is 49.9 Å². The van der Waals surface area contributed by atoms with Gasteiger partial charge in [0.1, 0.15) is 11.0 Å². The molecule has 0 bridgehead atoms. The third-order valence-electron chi connectivity index (χ3n) is 6.41. The van der Waals surface area contributed by atoms with Crippen LogP contribution in [-0.2, 0) is 19.5 Å². The second-order valence-corrected chi connectivity index (χ2v) is 9.61. The van der Waals surface area contributed by atoms with Crippen molar-refractivity contribution in [3.8, 4) is 6.07 Å². The Labute approximate surface area is 223 Å². The van der Waals surface area contributed by atoms with Crippen molar-refractivity contribution in [2.24, 2.45) is 0 Å². The van der Waals surface area contributed by atoms with Gasteiger partial charge in [0.05, 0.1) is 22.2 Å². The number of nitriles is 1. The molecule has 1 aliphatic rings. The Morgan fingerprint density at radius 3 is 2.84 bits per heavy atom. The van der Waals surface area contributed by atoms with Gasteiger partial charge in [-0.25, -0.2) is 14.2 Å². The molecule has 6 nitrogen and oxygen atoms in total. The van der Waals surface area contributed by atoms with E-state index in [9.17, 15) is 14.4 Å². The van der Waals surface area contributed by atoms with Gasteiger partial charge in [0.25, 0.3) is 0 Å². The molecule has 9 heteroatoms. The van der Waals surface area contributed by atoms with Gasteiger partial charge in [-0.15, -0.1) is 0 Å². The molecule has 4 aromatic rings. The zero-order valence-electron chi connectivity index (χ0n) is 19.7. The minimum absolute atomic E-state index is 0.102. The summed E-state index contributed by atoms with van der Waals surface area (Å²) in [7, 11) is 0. The molecule has 0 fully saturated rings. The zero-order valence-corrected chi connectivity index (χ0v) is 21.2. The van der Waals surface area contributed by atoms with Gasteiger partial charge in [-0.05, 0) is 53.1 Å². The first-order valence-electron chi connectivity index (χ1n) is 11.7. The Morgan fingerprint density at radius 1 is 1.19 bits per heavy atom. The number of rotatable bonds is 5. The number of carbonyl (C=O) groups is 1. The summed E-state index contributed by atoms with van der Waals surface area (Å²) < 4.78 is 15.4. The van der Waals surface area contributed by atoms with Crippen LogP contribution in [0.3, 0.4) is 0 Å². The Kier molecular flexibility index (Phi) is 7.24. The van der Waals surface area contributed by atoms with Gasteiger partial charge in [0.15, 0.2) is 0 Å². The largest absolute Gasteiger partial charge is 0.333 e. The van der Waals surface area contributed by atoms with E-state index in [1.54, 1.807) is 47.2 Å². The van der Waals surface area contributed by atoms with E-state index in [0.29, 0.717) is 42.3 Å². The minimum atomic E-state index is -0.443. The molecular formula is C28H22Cl2FN5O. The summed E-state index contributed by atoms with van der Waals surface area (Å²) in [4.78, 5) is 19.6. The highest BCUT2D eigenvalue weighted by Crippen LogP contribution is 2.31. The van der Waals surface area contributed by atoms with Crippen LogP contribution in [0.2, 0.25) is 10.2 Å². The molecule has 186 valence electrons. The average Bonchev–Trinajstić information content (AvgIpc) is 3.22. The molecule has 0 unspecified atom stereocenters. The van der Waals surface area contributed by atoms with E-state index in [4.69, 9.17) is 23.2 Å². The molecule has 0 saturated carbocycles. The third-order valence-corrected chi connectivity index (χ3v) is 6.93. The van der Waals surface area contributed by atoms with Crippen LogP contribution < -0.4 is 5.32 Å². The molecule has 0 aliphatic carbocycles. The van der Waals surface area contributed by atoms with Gasteiger partial charge in [-0.3, -0.25) is 9.47 Å². The minimum Gasteiger partial charge on any atom is -0.333 e. The quantitative estimate of drug-likeness (QED) is 0.310. The first-order valence-corrected chi connectivity index (χ1v) is 12.5. The molecule has 1 N–H and O–H groups in total. The van der Waals surface area contributed by atoms with Crippen LogP contribution in [0.1, 0.15) is 27.9 Å². The van der Waals surface area contributed by atoms with Gasteiger partial charge in [-0.1, -0.05) is 47.5 Å². The Hall–Kier alpha value is -3.70. The lowest BCUT2D eigenvalue weighted by Crippen LogP contribution is -2.34. The summed E-state index contributed by atoms with van der Waals surface area (Å²) in [6.45, 7) is 2.37. The number of aromatic nitrogens is 2. The maximum Gasteiger partial charge on any atom is 0.326 e. The fourth-order valence-corrected chi connectivity index (χ4v) is 4.95. The highest BCUT2D eigenvalue weighted by molar-refractivity contribution is 6.30. The standard InChI is InChI=1S/C28H22Cl2FN5O/c29-23-6-4-18(12-24(23)31)2-1-10-35-11-8-25-22(17-35)21-5-3-19(15-32)13-26(21)36(25)28(37)34-16-20-7-9-33-27(30)14-20/h1-7,9,12-14H,8,10-11,16-17H2,(H,34,37)/b2-1+. The van der Waals surface area contributed by atoms with E-state index >= 15 is 0 Å². The lowest BCUT2D eigenvalue weighted by Gasteiger charge is -2.27. The number of nitrogens with zero attached hydrogens (tertiary/aromatic N) is 4. The number of carbonyl (C=O) groups excluding carboxylic acids is 1.